The molecule has 0 radical (unpaired) electrons. The molecule has 2 aromatic rings. The first-order valence-corrected chi connectivity index (χ1v) is 10.4. The molecule has 1 fully saturated rings. The third-order valence-electron chi connectivity index (χ3n) is 5.64. The summed E-state index contributed by atoms with van der Waals surface area (Å²) in [6, 6.07) is 4.38. The van der Waals surface area contributed by atoms with Gasteiger partial charge in [-0.05, 0) is 59.1 Å². The minimum atomic E-state index is -0.823. The number of amides is 1. The Bertz CT molecular complexity index is 1040. The van der Waals surface area contributed by atoms with Crippen molar-refractivity contribution in [3.8, 4) is 11.5 Å². The number of likely N-dealkylation sites (tertiary alicyclic amines) is 1. The Hall–Kier alpha value is -3.33. The molecule has 0 aliphatic carbocycles. The van der Waals surface area contributed by atoms with E-state index in [0.717, 1.165) is 6.54 Å². The van der Waals surface area contributed by atoms with Crippen molar-refractivity contribution in [1.29, 1.82) is 0 Å². The Balaban J connectivity index is 2.22. The zero-order valence-electron chi connectivity index (χ0n) is 19.4. The van der Waals surface area contributed by atoms with Gasteiger partial charge in [-0.1, -0.05) is 0 Å². The number of rotatable bonds is 8. The van der Waals surface area contributed by atoms with Crippen LogP contribution >= 0.6 is 0 Å². The van der Waals surface area contributed by atoms with Gasteiger partial charge >= 0.3 is 0 Å². The summed E-state index contributed by atoms with van der Waals surface area (Å²) < 4.78 is 10.9. The predicted molar refractivity (Wildman–Crippen MR) is 120 cm³/mol. The van der Waals surface area contributed by atoms with E-state index in [1.54, 1.807) is 32.0 Å². The number of hydrogen-bond donors (Lipinski definition) is 2. The van der Waals surface area contributed by atoms with Gasteiger partial charge in [0.1, 0.15) is 17.3 Å². The Morgan fingerprint density at radius 2 is 1.94 bits per heavy atom. The fourth-order valence-electron chi connectivity index (χ4n) is 4.08. The number of hydrogen-bond acceptors (Lipinski definition) is 7. The fraction of sp³-hybridized carbons (Fsp3) is 0.435. The number of methoxy groups -OCH3 is 2. The van der Waals surface area contributed by atoms with Crippen LogP contribution in [0.25, 0.3) is 5.76 Å². The molecule has 32 heavy (non-hydrogen) atoms. The van der Waals surface area contributed by atoms with Gasteiger partial charge in [-0.15, -0.1) is 0 Å². The van der Waals surface area contributed by atoms with Crippen LogP contribution in [0.15, 0.2) is 23.8 Å². The number of Topliss-reactive ketones (excluding diaryl/α,β-unsaturated/α-hetero) is 1. The molecule has 1 aliphatic heterocycles. The Kier molecular flexibility index (Phi) is 6.88. The van der Waals surface area contributed by atoms with Gasteiger partial charge in [0.25, 0.3) is 11.7 Å². The van der Waals surface area contributed by atoms with Crippen molar-refractivity contribution < 1.29 is 24.2 Å². The van der Waals surface area contributed by atoms with Crippen LogP contribution in [0.4, 0.5) is 0 Å². The highest BCUT2D eigenvalue weighted by Gasteiger charge is 2.47. The standard InChI is InChI=1S/C23H30N4O5/c1-13-18(14(2)25-24-13)21(28)19-20(16-12-15(31-5)8-9-17(16)32-6)27(23(30)22(19)29)11-7-10-26(3)4/h8-9,12,20,28H,7,10-11H2,1-6H3,(H,24,25)/b21-19+. The lowest BCUT2D eigenvalue weighted by Gasteiger charge is -2.27. The lowest BCUT2D eigenvalue weighted by molar-refractivity contribution is -0.140. The monoisotopic (exact) mass is 442 g/mol. The van der Waals surface area contributed by atoms with Crippen LogP contribution in [0, 0.1) is 13.8 Å². The molecular weight excluding hydrogens is 412 g/mol. The van der Waals surface area contributed by atoms with Crippen LogP contribution < -0.4 is 9.47 Å². The van der Waals surface area contributed by atoms with Gasteiger partial charge in [-0.3, -0.25) is 14.7 Å². The van der Waals surface area contributed by atoms with Gasteiger partial charge in [0.15, 0.2) is 0 Å². The molecule has 9 heteroatoms. The second-order valence-electron chi connectivity index (χ2n) is 8.07. The molecule has 1 atom stereocenters. The summed E-state index contributed by atoms with van der Waals surface area (Å²) in [6.45, 7) is 4.56. The molecule has 1 saturated heterocycles. The van der Waals surface area contributed by atoms with Crippen LogP contribution in [0.5, 0.6) is 11.5 Å². The Labute approximate surface area is 187 Å². The number of ketones is 1. The van der Waals surface area contributed by atoms with E-state index in [1.165, 1.54) is 19.1 Å². The molecule has 2 heterocycles. The van der Waals surface area contributed by atoms with Crippen molar-refractivity contribution in [1.82, 2.24) is 20.0 Å². The lowest BCUT2D eigenvalue weighted by atomic mass is 9.94. The molecule has 9 nitrogen and oxygen atoms in total. The van der Waals surface area contributed by atoms with E-state index in [2.05, 4.69) is 10.2 Å². The Morgan fingerprint density at radius 3 is 2.50 bits per heavy atom. The summed E-state index contributed by atoms with van der Waals surface area (Å²) in [6.07, 6.45) is 0.659. The summed E-state index contributed by atoms with van der Waals surface area (Å²) in [5, 5.41) is 18.2. The van der Waals surface area contributed by atoms with Gasteiger partial charge in [0, 0.05) is 17.8 Å². The molecule has 3 rings (SSSR count). The van der Waals surface area contributed by atoms with Crippen LogP contribution in [0.3, 0.4) is 0 Å². The van der Waals surface area contributed by atoms with Crippen molar-refractivity contribution in [3.05, 3.63) is 46.3 Å². The van der Waals surface area contributed by atoms with Gasteiger partial charge in [-0.25, -0.2) is 0 Å². The number of aromatic amines is 1. The minimum absolute atomic E-state index is 0.0130. The van der Waals surface area contributed by atoms with Crippen molar-refractivity contribution in [2.24, 2.45) is 0 Å². The van der Waals surface area contributed by atoms with E-state index in [0.29, 0.717) is 47.0 Å². The summed E-state index contributed by atoms with van der Waals surface area (Å²) in [7, 11) is 6.95. The van der Waals surface area contributed by atoms with Crippen molar-refractivity contribution in [2.75, 3.05) is 41.4 Å². The lowest BCUT2D eigenvalue weighted by Crippen LogP contribution is -2.32. The average Bonchev–Trinajstić information content (AvgIpc) is 3.23. The number of aliphatic hydroxyl groups is 1. The number of ether oxygens (including phenoxy) is 2. The topological polar surface area (TPSA) is 108 Å². The summed E-state index contributed by atoms with van der Waals surface area (Å²) in [5.74, 6) is -0.601. The maximum Gasteiger partial charge on any atom is 0.295 e. The highest BCUT2D eigenvalue weighted by molar-refractivity contribution is 6.46. The Morgan fingerprint density at radius 1 is 1.22 bits per heavy atom. The molecule has 1 aliphatic rings. The number of aromatic nitrogens is 2. The number of nitrogens with zero attached hydrogens (tertiary/aromatic N) is 3. The normalized spacial score (nSPS) is 18.0. The molecule has 1 aromatic carbocycles. The third kappa shape index (κ3) is 4.20. The van der Waals surface area contributed by atoms with Crippen LogP contribution in [0.1, 0.15) is 35.0 Å². The molecular formula is C23H30N4O5. The molecule has 2 N–H and O–H groups in total. The molecule has 172 valence electrons. The van der Waals surface area contributed by atoms with Crippen LogP contribution in [-0.2, 0) is 9.59 Å². The average molecular weight is 443 g/mol. The van der Waals surface area contributed by atoms with E-state index >= 15 is 0 Å². The van der Waals surface area contributed by atoms with Gasteiger partial charge < -0.3 is 24.4 Å². The summed E-state index contributed by atoms with van der Waals surface area (Å²) >= 11 is 0. The van der Waals surface area contributed by atoms with Gasteiger partial charge in [-0.2, -0.15) is 5.10 Å². The zero-order valence-corrected chi connectivity index (χ0v) is 19.4. The zero-order chi connectivity index (χ0) is 23.6. The highest BCUT2D eigenvalue weighted by atomic mass is 16.5. The van der Waals surface area contributed by atoms with Crippen molar-refractivity contribution in [2.45, 2.75) is 26.3 Å². The minimum Gasteiger partial charge on any atom is -0.507 e. The quantitative estimate of drug-likeness (QED) is 0.367. The van der Waals surface area contributed by atoms with Crippen molar-refractivity contribution in [3.63, 3.8) is 0 Å². The third-order valence-corrected chi connectivity index (χ3v) is 5.64. The largest absolute Gasteiger partial charge is 0.507 e. The molecule has 1 aromatic heterocycles. The van der Waals surface area contributed by atoms with E-state index < -0.39 is 17.7 Å². The smallest absolute Gasteiger partial charge is 0.295 e. The van der Waals surface area contributed by atoms with Crippen LogP contribution in [0.2, 0.25) is 0 Å². The first-order valence-electron chi connectivity index (χ1n) is 10.4. The number of carbonyl (C=O) groups excluding carboxylic acids is 2. The second kappa shape index (κ2) is 9.44. The summed E-state index contributed by atoms with van der Waals surface area (Å²) in [5.41, 5.74) is 2.14. The van der Waals surface area contributed by atoms with E-state index in [1.807, 2.05) is 19.0 Å². The molecule has 1 amide bonds. The number of H-pyrrole nitrogens is 1. The van der Waals surface area contributed by atoms with E-state index in [-0.39, 0.29) is 11.3 Å². The van der Waals surface area contributed by atoms with Gasteiger partial charge in [0.05, 0.1) is 37.1 Å². The SMILES string of the molecule is COc1ccc(OC)c(C2/C(=C(\O)c3c(C)n[nH]c3C)C(=O)C(=O)N2CCCN(C)C)c1. The molecule has 0 bridgehead atoms. The number of benzene rings is 1. The van der Waals surface area contributed by atoms with E-state index in [4.69, 9.17) is 9.47 Å². The number of aliphatic hydroxyl groups excluding tert-OH is 1. The number of carbonyl (C=O) groups is 2. The maximum atomic E-state index is 13.2. The number of nitrogens with one attached hydrogen (secondary N) is 1. The fourth-order valence-corrected chi connectivity index (χ4v) is 4.08. The van der Waals surface area contributed by atoms with Crippen molar-refractivity contribution >= 4 is 17.4 Å². The molecule has 1 unspecified atom stereocenters. The highest BCUT2D eigenvalue weighted by Crippen LogP contribution is 2.44. The summed E-state index contributed by atoms with van der Waals surface area (Å²) in [4.78, 5) is 29.8. The van der Waals surface area contributed by atoms with Gasteiger partial charge in [0.2, 0.25) is 0 Å². The molecule has 0 spiro atoms. The molecule has 0 saturated carbocycles. The number of aryl methyl sites for hydroxylation is 2. The maximum absolute atomic E-state index is 13.2. The predicted octanol–water partition coefficient (Wildman–Crippen LogP) is 2.42. The van der Waals surface area contributed by atoms with Crippen LogP contribution in [-0.4, -0.2) is 78.2 Å². The second-order valence-corrected chi connectivity index (χ2v) is 8.07. The van der Waals surface area contributed by atoms with E-state index in [9.17, 15) is 14.7 Å². The first-order chi connectivity index (χ1) is 15.2. The first kappa shape index (κ1) is 23.3.